The molecule has 2 rings (SSSR count). The lowest BCUT2D eigenvalue weighted by atomic mass is 10.3. The molecule has 4 heteroatoms. The average molecular weight is 249 g/mol. The molecular formula is C13H19N3S. The van der Waals surface area contributed by atoms with Gasteiger partial charge in [-0.3, -0.25) is 4.68 Å². The molecule has 2 aromatic heterocycles. The van der Waals surface area contributed by atoms with Gasteiger partial charge in [-0.05, 0) is 37.8 Å². The van der Waals surface area contributed by atoms with Crippen molar-refractivity contribution < 1.29 is 0 Å². The maximum atomic E-state index is 4.44. The molecule has 0 saturated carbocycles. The van der Waals surface area contributed by atoms with Crippen molar-refractivity contribution in [1.82, 2.24) is 15.1 Å². The normalized spacial score (nSPS) is 10.9. The minimum Gasteiger partial charge on any atom is -0.315 e. The minimum absolute atomic E-state index is 0.949. The molecule has 0 fully saturated rings. The first-order valence-electron chi connectivity index (χ1n) is 6.00. The van der Waals surface area contributed by atoms with Crippen molar-refractivity contribution in [3.05, 3.63) is 39.8 Å². The lowest BCUT2D eigenvalue weighted by Gasteiger charge is -2.05. The van der Waals surface area contributed by atoms with E-state index < -0.39 is 0 Å². The first-order chi connectivity index (χ1) is 8.25. The lowest BCUT2D eigenvalue weighted by Crippen LogP contribution is -2.23. The van der Waals surface area contributed by atoms with Gasteiger partial charge in [0.15, 0.2) is 0 Å². The zero-order valence-corrected chi connectivity index (χ0v) is 11.3. The first-order valence-corrected chi connectivity index (χ1v) is 6.88. The number of hydrogen-bond acceptors (Lipinski definition) is 3. The summed E-state index contributed by atoms with van der Waals surface area (Å²) in [6.45, 7) is 7.11. The Labute approximate surface area is 106 Å². The molecule has 92 valence electrons. The molecule has 3 nitrogen and oxygen atoms in total. The van der Waals surface area contributed by atoms with Gasteiger partial charge in [-0.2, -0.15) is 5.10 Å². The quantitative estimate of drug-likeness (QED) is 0.797. The number of hydrogen-bond donors (Lipinski definition) is 1. The minimum atomic E-state index is 0.949. The molecule has 0 aliphatic rings. The zero-order valence-electron chi connectivity index (χ0n) is 10.4. The topological polar surface area (TPSA) is 29.9 Å². The largest absolute Gasteiger partial charge is 0.315 e. The fraction of sp³-hybridized carbons (Fsp3) is 0.462. The standard InChI is InChI=1S/C13H19N3S/c1-11-10-12(2)16(15-11)8-7-14-6-5-13-4-3-9-17-13/h3-4,9-10,14H,5-8H2,1-2H3. The fourth-order valence-electron chi connectivity index (χ4n) is 1.88. The maximum absolute atomic E-state index is 4.44. The molecule has 0 aliphatic carbocycles. The predicted octanol–water partition coefficient (Wildman–Crippen LogP) is 2.39. The molecule has 1 N–H and O–H groups in total. The van der Waals surface area contributed by atoms with Crippen molar-refractivity contribution in [3.8, 4) is 0 Å². The van der Waals surface area contributed by atoms with Gasteiger partial charge in [0.05, 0.1) is 12.2 Å². The highest BCUT2D eigenvalue weighted by molar-refractivity contribution is 7.09. The van der Waals surface area contributed by atoms with Gasteiger partial charge in [0.1, 0.15) is 0 Å². The van der Waals surface area contributed by atoms with Crippen LogP contribution in [0.1, 0.15) is 16.3 Å². The van der Waals surface area contributed by atoms with Crippen LogP contribution in [0.25, 0.3) is 0 Å². The third-order valence-electron chi connectivity index (χ3n) is 2.73. The molecule has 0 atom stereocenters. The highest BCUT2D eigenvalue weighted by Crippen LogP contribution is 2.08. The number of nitrogens with one attached hydrogen (secondary N) is 1. The second kappa shape index (κ2) is 5.98. The summed E-state index contributed by atoms with van der Waals surface area (Å²) in [6.07, 6.45) is 1.12. The molecule has 17 heavy (non-hydrogen) atoms. The summed E-state index contributed by atoms with van der Waals surface area (Å²) in [6, 6.07) is 6.41. The number of rotatable bonds is 6. The third kappa shape index (κ3) is 3.68. The SMILES string of the molecule is Cc1cc(C)n(CCNCCc2cccs2)n1. The molecule has 0 bridgehead atoms. The monoisotopic (exact) mass is 249 g/mol. The van der Waals surface area contributed by atoms with Crippen molar-refractivity contribution in [1.29, 1.82) is 0 Å². The van der Waals surface area contributed by atoms with E-state index >= 15 is 0 Å². The van der Waals surface area contributed by atoms with E-state index in [1.165, 1.54) is 10.6 Å². The van der Waals surface area contributed by atoms with E-state index in [4.69, 9.17) is 0 Å². The van der Waals surface area contributed by atoms with Crippen LogP contribution in [0.4, 0.5) is 0 Å². The molecule has 0 saturated heterocycles. The van der Waals surface area contributed by atoms with Crippen LogP contribution >= 0.6 is 11.3 Å². The highest BCUT2D eigenvalue weighted by atomic mass is 32.1. The molecule has 0 amide bonds. The van der Waals surface area contributed by atoms with Crippen molar-refractivity contribution >= 4 is 11.3 Å². The van der Waals surface area contributed by atoms with E-state index in [9.17, 15) is 0 Å². The van der Waals surface area contributed by atoms with Gasteiger partial charge in [-0.15, -0.1) is 11.3 Å². The third-order valence-corrected chi connectivity index (χ3v) is 3.67. The Morgan fingerprint density at radius 3 is 2.88 bits per heavy atom. The Morgan fingerprint density at radius 2 is 2.24 bits per heavy atom. The van der Waals surface area contributed by atoms with Crippen molar-refractivity contribution in [2.75, 3.05) is 13.1 Å². The molecule has 0 unspecified atom stereocenters. The van der Waals surface area contributed by atoms with E-state index in [0.29, 0.717) is 0 Å². The summed E-state index contributed by atoms with van der Waals surface area (Å²) in [5, 5.41) is 10.0. The Hall–Kier alpha value is -1.13. The Kier molecular flexibility index (Phi) is 4.34. The highest BCUT2D eigenvalue weighted by Gasteiger charge is 1.99. The smallest absolute Gasteiger partial charge is 0.0596 e. The van der Waals surface area contributed by atoms with Gasteiger partial charge in [0.2, 0.25) is 0 Å². The van der Waals surface area contributed by atoms with Gasteiger partial charge in [0.25, 0.3) is 0 Å². The van der Waals surface area contributed by atoms with Crippen molar-refractivity contribution in [2.24, 2.45) is 0 Å². The second-order valence-corrected chi connectivity index (χ2v) is 5.26. The van der Waals surface area contributed by atoms with E-state index in [-0.39, 0.29) is 0 Å². The van der Waals surface area contributed by atoms with Crippen LogP contribution in [0, 0.1) is 13.8 Å². The number of nitrogens with zero attached hydrogens (tertiary/aromatic N) is 2. The zero-order chi connectivity index (χ0) is 12.1. The maximum Gasteiger partial charge on any atom is 0.0596 e. The summed E-state index contributed by atoms with van der Waals surface area (Å²) >= 11 is 1.83. The molecule has 0 aliphatic heterocycles. The van der Waals surface area contributed by atoms with Crippen molar-refractivity contribution in [3.63, 3.8) is 0 Å². The van der Waals surface area contributed by atoms with Crippen LogP contribution in [-0.2, 0) is 13.0 Å². The van der Waals surface area contributed by atoms with Gasteiger partial charge >= 0.3 is 0 Å². The van der Waals surface area contributed by atoms with Crippen LogP contribution in [0.3, 0.4) is 0 Å². The summed E-state index contributed by atoms with van der Waals surface area (Å²) in [4.78, 5) is 1.45. The molecule has 0 spiro atoms. The Morgan fingerprint density at radius 1 is 1.35 bits per heavy atom. The number of aryl methyl sites for hydroxylation is 2. The van der Waals surface area contributed by atoms with E-state index in [1.807, 2.05) is 18.3 Å². The first kappa shape index (κ1) is 12.3. The summed E-state index contributed by atoms with van der Waals surface area (Å²) in [5.41, 5.74) is 2.34. The van der Waals surface area contributed by atoms with Gasteiger partial charge < -0.3 is 5.32 Å². The summed E-state index contributed by atoms with van der Waals surface area (Å²) < 4.78 is 2.06. The van der Waals surface area contributed by atoms with E-state index in [1.54, 1.807) is 0 Å². The second-order valence-electron chi connectivity index (χ2n) is 4.23. The molecule has 2 aromatic rings. The Balaban J connectivity index is 1.65. The van der Waals surface area contributed by atoms with E-state index in [0.717, 1.165) is 31.7 Å². The molecule has 2 heterocycles. The molecule has 0 radical (unpaired) electrons. The number of thiophene rings is 1. The van der Waals surface area contributed by atoms with Crippen LogP contribution in [0.2, 0.25) is 0 Å². The molecular weight excluding hydrogens is 230 g/mol. The fourth-order valence-corrected chi connectivity index (χ4v) is 2.59. The van der Waals surface area contributed by atoms with Crippen LogP contribution in [-0.4, -0.2) is 22.9 Å². The molecule has 0 aromatic carbocycles. The summed E-state index contributed by atoms with van der Waals surface area (Å²) in [5.74, 6) is 0. The number of aromatic nitrogens is 2. The van der Waals surface area contributed by atoms with Gasteiger partial charge in [-0.25, -0.2) is 0 Å². The van der Waals surface area contributed by atoms with Crippen LogP contribution < -0.4 is 5.32 Å². The summed E-state index contributed by atoms with van der Waals surface area (Å²) in [7, 11) is 0. The van der Waals surface area contributed by atoms with E-state index in [2.05, 4.69) is 45.6 Å². The van der Waals surface area contributed by atoms with Gasteiger partial charge in [0, 0.05) is 23.7 Å². The van der Waals surface area contributed by atoms with Gasteiger partial charge in [-0.1, -0.05) is 6.07 Å². The van der Waals surface area contributed by atoms with Crippen LogP contribution in [0.5, 0.6) is 0 Å². The van der Waals surface area contributed by atoms with Crippen LogP contribution in [0.15, 0.2) is 23.6 Å². The van der Waals surface area contributed by atoms with Crippen molar-refractivity contribution in [2.45, 2.75) is 26.8 Å². The lowest BCUT2D eigenvalue weighted by molar-refractivity contribution is 0.544. The predicted molar refractivity (Wildman–Crippen MR) is 72.6 cm³/mol. The average Bonchev–Trinajstić information content (AvgIpc) is 2.89. The Bertz CT molecular complexity index is 445.